The van der Waals surface area contributed by atoms with E-state index >= 15 is 0 Å². The smallest absolute Gasteiger partial charge is 0.333 e. The maximum absolute atomic E-state index is 11.7. The summed E-state index contributed by atoms with van der Waals surface area (Å²) in [5, 5.41) is 0. The minimum atomic E-state index is -0.193. The van der Waals surface area contributed by atoms with Gasteiger partial charge in [-0.25, -0.2) is 4.79 Å². The first-order valence-electron chi connectivity index (χ1n) is 8.92. The highest BCUT2D eigenvalue weighted by Gasteiger charge is 2.08. The Hall–Kier alpha value is -0.790. The average molecular weight is 296 g/mol. The number of carbonyl (C=O) groups is 1. The molecule has 0 fully saturated rings. The summed E-state index contributed by atoms with van der Waals surface area (Å²) in [5.41, 5.74) is 0.634. The van der Waals surface area contributed by atoms with Crippen LogP contribution in [0.2, 0.25) is 0 Å². The zero-order valence-corrected chi connectivity index (χ0v) is 14.6. The van der Waals surface area contributed by atoms with Gasteiger partial charge in [0.2, 0.25) is 0 Å². The van der Waals surface area contributed by atoms with Crippen LogP contribution in [0.4, 0.5) is 0 Å². The molecule has 0 saturated carbocycles. The second-order valence-electron chi connectivity index (χ2n) is 6.50. The Morgan fingerprint density at radius 2 is 1.52 bits per heavy atom. The van der Waals surface area contributed by atoms with Gasteiger partial charge in [-0.2, -0.15) is 0 Å². The highest BCUT2D eigenvalue weighted by molar-refractivity contribution is 5.87. The quantitative estimate of drug-likeness (QED) is 0.221. The van der Waals surface area contributed by atoms with E-state index in [1.807, 2.05) is 0 Å². The predicted octanol–water partition coefficient (Wildman–Crippen LogP) is 6.05. The lowest BCUT2D eigenvalue weighted by Crippen LogP contribution is -2.08. The van der Waals surface area contributed by atoms with Crippen molar-refractivity contribution in [3.63, 3.8) is 0 Å². The van der Waals surface area contributed by atoms with Crippen molar-refractivity contribution in [3.8, 4) is 0 Å². The first kappa shape index (κ1) is 20.2. The van der Waals surface area contributed by atoms with Crippen LogP contribution in [0, 0.1) is 5.92 Å². The molecule has 0 radical (unpaired) electrons. The van der Waals surface area contributed by atoms with E-state index in [2.05, 4.69) is 27.4 Å². The van der Waals surface area contributed by atoms with Crippen LogP contribution in [-0.4, -0.2) is 12.6 Å². The average Bonchev–Trinajstić information content (AvgIpc) is 2.44. The molecule has 0 unspecified atom stereocenters. The Kier molecular flexibility index (Phi) is 13.6. The van der Waals surface area contributed by atoms with Gasteiger partial charge in [0.1, 0.15) is 0 Å². The summed E-state index contributed by atoms with van der Waals surface area (Å²) in [7, 11) is 0. The molecule has 2 heteroatoms. The number of esters is 1. The van der Waals surface area contributed by atoms with Gasteiger partial charge >= 0.3 is 5.97 Å². The molecule has 0 heterocycles. The molecule has 0 spiro atoms. The monoisotopic (exact) mass is 296 g/mol. The molecule has 2 nitrogen and oxygen atoms in total. The third kappa shape index (κ3) is 13.9. The van der Waals surface area contributed by atoms with Gasteiger partial charge in [-0.05, 0) is 25.2 Å². The third-order valence-corrected chi connectivity index (χ3v) is 3.78. The molecular weight excluding hydrogens is 260 g/mol. The van der Waals surface area contributed by atoms with E-state index in [0.717, 1.165) is 25.7 Å². The van der Waals surface area contributed by atoms with Gasteiger partial charge in [-0.15, -0.1) is 0 Å². The van der Waals surface area contributed by atoms with Crippen molar-refractivity contribution < 1.29 is 9.53 Å². The third-order valence-electron chi connectivity index (χ3n) is 3.78. The van der Waals surface area contributed by atoms with E-state index in [1.165, 1.54) is 44.9 Å². The number of unbranched alkanes of at least 4 members (excludes halogenated alkanes) is 7. The molecule has 124 valence electrons. The topological polar surface area (TPSA) is 26.3 Å². The van der Waals surface area contributed by atoms with Crippen LogP contribution in [0.3, 0.4) is 0 Å². The highest BCUT2D eigenvalue weighted by Crippen LogP contribution is 2.12. The summed E-state index contributed by atoms with van der Waals surface area (Å²) < 4.78 is 5.27. The standard InChI is InChI=1S/C19H36O2/c1-5-6-7-8-9-10-11-12-16-21-19(20)18(4)15-13-14-17(2)3/h17H,4-16H2,1-3H3. The van der Waals surface area contributed by atoms with E-state index in [4.69, 9.17) is 4.74 Å². The van der Waals surface area contributed by atoms with Crippen LogP contribution >= 0.6 is 0 Å². The van der Waals surface area contributed by atoms with Crippen molar-refractivity contribution in [1.29, 1.82) is 0 Å². The fourth-order valence-corrected chi connectivity index (χ4v) is 2.33. The Morgan fingerprint density at radius 1 is 0.952 bits per heavy atom. The largest absolute Gasteiger partial charge is 0.462 e. The lowest BCUT2D eigenvalue weighted by atomic mass is 10.0. The second-order valence-corrected chi connectivity index (χ2v) is 6.50. The van der Waals surface area contributed by atoms with Crippen molar-refractivity contribution in [2.24, 2.45) is 5.92 Å². The van der Waals surface area contributed by atoms with Crippen molar-refractivity contribution in [1.82, 2.24) is 0 Å². The molecule has 0 rings (SSSR count). The van der Waals surface area contributed by atoms with E-state index in [-0.39, 0.29) is 5.97 Å². The van der Waals surface area contributed by atoms with Gasteiger partial charge in [0, 0.05) is 5.57 Å². The molecular formula is C19H36O2. The lowest BCUT2D eigenvalue weighted by Gasteiger charge is -2.08. The Morgan fingerprint density at radius 3 is 2.10 bits per heavy atom. The molecule has 0 aromatic rings. The molecule has 0 amide bonds. The molecule has 0 aliphatic rings. The Balaban J connectivity index is 3.38. The Bertz CT molecular complexity index is 269. The highest BCUT2D eigenvalue weighted by atomic mass is 16.5. The van der Waals surface area contributed by atoms with Crippen LogP contribution in [0.5, 0.6) is 0 Å². The minimum absolute atomic E-state index is 0.193. The molecule has 0 aromatic heterocycles. The molecule has 0 saturated heterocycles. The number of ether oxygens (including phenoxy) is 1. The summed E-state index contributed by atoms with van der Waals surface area (Å²) in [5.74, 6) is 0.493. The summed E-state index contributed by atoms with van der Waals surface area (Å²) >= 11 is 0. The maximum Gasteiger partial charge on any atom is 0.333 e. The lowest BCUT2D eigenvalue weighted by molar-refractivity contribution is -0.139. The molecule has 0 atom stereocenters. The van der Waals surface area contributed by atoms with Crippen LogP contribution in [0.25, 0.3) is 0 Å². The molecule has 21 heavy (non-hydrogen) atoms. The van der Waals surface area contributed by atoms with Crippen molar-refractivity contribution in [3.05, 3.63) is 12.2 Å². The van der Waals surface area contributed by atoms with Crippen LogP contribution in [-0.2, 0) is 9.53 Å². The van der Waals surface area contributed by atoms with Crippen molar-refractivity contribution in [2.45, 2.75) is 91.4 Å². The van der Waals surface area contributed by atoms with E-state index < -0.39 is 0 Å². The maximum atomic E-state index is 11.7. The van der Waals surface area contributed by atoms with Crippen LogP contribution in [0.15, 0.2) is 12.2 Å². The number of hydrogen-bond acceptors (Lipinski definition) is 2. The fourth-order valence-electron chi connectivity index (χ4n) is 2.33. The first-order chi connectivity index (χ1) is 10.1. The van der Waals surface area contributed by atoms with E-state index in [1.54, 1.807) is 0 Å². The van der Waals surface area contributed by atoms with Gasteiger partial charge in [-0.1, -0.05) is 78.7 Å². The van der Waals surface area contributed by atoms with Gasteiger partial charge in [0.05, 0.1) is 6.61 Å². The molecule has 0 aliphatic carbocycles. The minimum Gasteiger partial charge on any atom is -0.462 e. The van der Waals surface area contributed by atoms with Gasteiger partial charge < -0.3 is 4.74 Å². The summed E-state index contributed by atoms with van der Waals surface area (Å²) in [6.07, 6.45) is 13.0. The van der Waals surface area contributed by atoms with Gasteiger partial charge in [0.25, 0.3) is 0 Å². The molecule has 0 bridgehead atoms. The van der Waals surface area contributed by atoms with Gasteiger partial charge in [-0.3, -0.25) is 0 Å². The first-order valence-corrected chi connectivity index (χ1v) is 8.92. The number of hydrogen-bond donors (Lipinski definition) is 0. The Labute approximate surface area is 132 Å². The summed E-state index contributed by atoms with van der Waals surface area (Å²) in [4.78, 5) is 11.7. The normalized spacial score (nSPS) is 10.9. The van der Waals surface area contributed by atoms with Gasteiger partial charge in [0.15, 0.2) is 0 Å². The number of carbonyl (C=O) groups excluding carboxylic acids is 1. The predicted molar refractivity (Wildman–Crippen MR) is 91.4 cm³/mol. The van der Waals surface area contributed by atoms with E-state index in [9.17, 15) is 4.79 Å². The molecule has 0 N–H and O–H groups in total. The second kappa shape index (κ2) is 14.2. The molecule has 0 aromatic carbocycles. The summed E-state index contributed by atoms with van der Waals surface area (Å²) in [6.45, 7) is 11.0. The van der Waals surface area contributed by atoms with Crippen LogP contribution in [0.1, 0.15) is 91.4 Å². The number of rotatable bonds is 14. The van der Waals surface area contributed by atoms with Crippen molar-refractivity contribution in [2.75, 3.05) is 6.61 Å². The summed E-state index contributed by atoms with van der Waals surface area (Å²) in [6, 6.07) is 0. The van der Waals surface area contributed by atoms with Crippen LogP contribution < -0.4 is 0 Å². The van der Waals surface area contributed by atoms with E-state index in [0.29, 0.717) is 18.1 Å². The zero-order valence-electron chi connectivity index (χ0n) is 14.6. The fraction of sp³-hybridized carbons (Fsp3) is 0.842. The zero-order chi connectivity index (χ0) is 15.9. The van der Waals surface area contributed by atoms with Crippen molar-refractivity contribution >= 4 is 5.97 Å². The molecule has 0 aliphatic heterocycles. The SMILES string of the molecule is C=C(CCCC(C)C)C(=O)OCCCCCCCCCC.